The Morgan fingerprint density at radius 3 is 2.00 bits per heavy atom. The molecule has 0 amide bonds. The standard InChI is InChI=1S/C10H12N2O4S.Na/c1-6-4-7-8(5-9(6)17(14,15)16)12(3)10(13)11(7)2;/h4-5H,1-3H3,(H,14,15,16);/q;+1/p-1. The van der Waals surface area contributed by atoms with Crippen molar-refractivity contribution in [1.82, 2.24) is 9.13 Å². The van der Waals surface area contributed by atoms with Crippen LogP contribution in [-0.2, 0) is 24.2 Å². The van der Waals surface area contributed by atoms with Crippen molar-refractivity contribution in [3.63, 3.8) is 0 Å². The fourth-order valence-corrected chi connectivity index (χ4v) is 2.61. The topological polar surface area (TPSA) is 84.1 Å². The summed E-state index contributed by atoms with van der Waals surface area (Å²) >= 11 is 0. The van der Waals surface area contributed by atoms with Gasteiger partial charge in [-0.2, -0.15) is 0 Å². The normalized spacial score (nSPS) is 11.6. The predicted octanol–water partition coefficient (Wildman–Crippen LogP) is -2.91. The SMILES string of the molecule is Cc1cc2c(cc1S(=O)(=O)[O-])n(C)c(=O)n2C.[Na+]. The van der Waals surface area contributed by atoms with E-state index in [2.05, 4.69) is 0 Å². The molecule has 2 aromatic rings. The number of nitrogens with zero attached hydrogens (tertiary/aromatic N) is 2. The van der Waals surface area contributed by atoms with Crippen LogP contribution < -0.4 is 35.2 Å². The molecule has 1 aromatic carbocycles. The first-order chi connectivity index (χ1) is 7.73. The van der Waals surface area contributed by atoms with Gasteiger partial charge in [0.05, 0.1) is 15.9 Å². The summed E-state index contributed by atoms with van der Waals surface area (Å²) in [6.45, 7) is 1.53. The first-order valence-electron chi connectivity index (χ1n) is 4.85. The molecule has 0 radical (unpaired) electrons. The van der Waals surface area contributed by atoms with Crippen molar-refractivity contribution < 1.29 is 42.5 Å². The Bertz CT molecular complexity index is 773. The van der Waals surface area contributed by atoms with Gasteiger partial charge in [-0.25, -0.2) is 13.2 Å². The fraction of sp³-hybridized carbons (Fsp3) is 0.300. The molecule has 0 aliphatic carbocycles. The molecule has 0 atom stereocenters. The second kappa shape index (κ2) is 4.82. The minimum atomic E-state index is -4.52. The zero-order valence-electron chi connectivity index (χ0n) is 10.6. The van der Waals surface area contributed by atoms with Crippen molar-refractivity contribution in [2.24, 2.45) is 14.1 Å². The van der Waals surface area contributed by atoms with E-state index in [1.807, 2.05) is 0 Å². The second-order valence-corrected chi connectivity index (χ2v) is 5.31. The maximum absolute atomic E-state index is 11.7. The molecule has 0 unspecified atom stereocenters. The van der Waals surface area contributed by atoms with Gasteiger partial charge >= 0.3 is 35.2 Å². The van der Waals surface area contributed by atoms with E-state index in [1.165, 1.54) is 35.2 Å². The Balaban J connectivity index is 0.00000162. The van der Waals surface area contributed by atoms with E-state index in [4.69, 9.17) is 0 Å². The third-order valence-electron chi connectivity index (χ3n) is 2.84. The molecule has 92 valence electrons. The average Bonchev–Trinajstić information content (AvgIpc) is 2.41. The van der Waals surface area contributed by atoms with Crippen molar-refractivity contribution in [2.75, 3.05) is 0 Å². The molecule has 2 rings (SSSR count). The van der Waals surface area contributed by atoms with Crippen molar-refractivity contribution >= 4 is 21.2 Å². The van der Waals surface area contributed by atoms with Gasteiger partial charge in [0.2, 0.25) is 0 Å². The predicted molar refractivity (Wildman–Crippen MR) is 60.9 cm³/mol. The van der Waals surface area contributed by atoms with Crippen LogP contribution in [0.1, 0.15) is 5.56 Å². The van der Waals surface area contributed by atoms with Gasteiger partial charge in [-0.05, 0) is 24.6 Å². The summed E-state index contributed by atoms with van der Waals surface area (Å²) < 4.78 is 35.9. The number of hydrogen-bond donors (Lipinski definition) is 0. The summed E-state index contributed by atoms with van der Waals surface area (Å²) in [7, 11) is -1.40. The number of rotatable bonds is 1. The van der Waals surface area contributed by atoms with Crippen molar-refractivity contribution in [2.45, 2.75) is 11.8 Å². The molecular weight excluding hydrogens is 267 g/mol. The Hall–Kier alpha value is -0.600. The largest absolute Gasteiger partial charge is 1.00 e. The molecule has 0 aliphatic heterocycles. The van der Waals surface area contributed by atoms with Crippen LogP contribution in [-0.4, -0.2) is 22.1 Å². The van der Waals surface area contributed by atoms with Crippen molar-refractivity contribution in [1.29, 1.82) is 0 Å². The number of hydrogen-bond acceptors (Lipinski definition) is 4. The van der Waals surface area contributed by atoms with Gasteiger partial charge in [0, 0.05) is 14.1 Å². The van der Waals surface area contributed by atoms with Gasteiger partial charge in [0.15, 0.2) is 0 Å². The molecule has 6 nitrogen and oxygen atoms in total. The smallest absolute Gasteiger partial charge is 0.744 e. The minimum Gasteiger partial charge on any atom is -0.744 e. The van der Waals surface area contributed by atoms with Gasteiger partial charge < -0.3 is 4.55 Å². The monoisotopic (exact) mass is 278 g/mol. The summed E-state index contributed by atoms with van der Waals surface area (Å²) in [6, 6.07) is 2.77. The molecule has 0 N–H and O–H groups in total. The number of aryl methyl sites for hydroxylation is 3. The van der Waals surface area contributed by atoms with Gasteiger partial charge in [-0.1, -0.05) is 0 Å². The van der Waals surface area contributed by atoms with Crippen LogP contribution in [0.4, 0.5) is 0 Å². The maximum Gasteiger partial charge on any atom is 1.00 e. The van der Waals surface area contributed by atoms with Gasteiger partial charge in [-0.3, -0.25) is 9.13 Å². The van der Waals surface area contributed by atoms with E-state index in [0.29, 0.717) is 16.6 Å². The Morgan fingerprint density at radius 2 is 1.56 bits per heavy atom. The third kappa shape index (κ3) is 2.28. The zero-order valence-corrected chi connectivity index (χ0v) is 13.4. The molecular formula is C10H11N2NaO4S. The van der Waals surface area contributed by atoms with Crippen LogP contribution in [0.15, 0.2) is 21.8 Å². The summed E-state index contributed by atoms with van der Waals surface area (Å²) in [6.07, 6.45) is 0. The summed E-state index contributed by atoms with van der Waals surface area (Å²) in [5.41, 5.74) is 1.11. The van der Waals surface area contributed by atoms with E-state index in [0.717, 1.165) is 0 Å². The Kier molecular flexibility index (Phi) is 4.14. The summed E-state index contributed by atoms with van der Waals surface area (Å²) in [5.74, 6) is 0. The van der Waals surface area contributed by atoms with E-state index < -0.39 is 10.1 Å². The number of fused-ring (bicyclic) bond motifs is 1. The molecule has 0 saturated heterocycles. The summed E-state index contributed by atoms with van der Waals surface area (Å²) in [5, 5.41) is 0. The molecule has 1 aromatic heterocycles. The molecule has 1 heterocycles. The summed E-state index contributed by atoms with van der Waals surface area (Å²) in [4.78, 5) is 11.4. The molecule has 0 aliphatic rings. The van der Waals surface area contributed by atoms with Gasteiger partial charge in [0.25, 0.3) is 0 Å². The Labute approximate surface area is 126 Å². The van der Waals surface area contributed by atoms with Crippen LogP contribution in [0.2, 0.25) is 0 Å². The fourth-order valence-electron chi connectivity index (χ4n) is 1.90. The van der Waals surface area contributed by atoms with E-state index in [9.17, 15) is 17.8 Å². The van der Waals surface area contributed by atoms with Crippen LogP contribution in [0.25, 0.3) is 11.0 Å². The third-order valence-corrected chi connectivity index (χ3v) is 3.82. The molecule has 0 saturated carbocycles. The van der Waals surface area contributed by atoms with Crippen LogP contribution in [0.5, 0.6) is 0 Å². The van der Waals surface area contributed by atoms with Crippen molar-refractivity contribution in [3.05, 3.63) is 28.2 Å². The van der Waals surface area contributed by atoms with E-state index in [1.54, 1.807) is 7.05 Å². The second-order valence-electron chi connectivity index (χ2n) is 3.96. The molecule has 18 heavy (non-hydrogen) atoms. The van der Waals surface area contributed by atoms with Crippen molar-refractivity contribution in [3.8, 4) is 0 Å². The van der Waals surface area contributed by atoms with Crippen LogP contribution >= 0.6 is 0 Å². The van der Waals surface area contributed by atoms with E-state index in [-0.39, 0.29) is 40.1 Å². The first kappa shape index (κ1) is 15.5. The molecule has 0 fully saturated rings. The molecule has 0 spiro atoms. The zero-order chi connectivity index (χ0) is 13.0. The van der Waals surface area contributed by atoms with E-state index >= 15 is 0 Å². The average molecular weight is 278 g/mol. The first-order valence-corrected chi connectivity index (χ1v) is 6.26. The van der Waals surface area contributed by atoms with Crippen LogP contribution in [0.3, 0.4) is 0 Å². The molecule has 8 heteroatoms. The number of aromatic nitrogens is 2. The van der Waals surface area contributed by atoms with Gasteiger partial charge in [-0.15, -0.1) is 0 Å². The number of benzene rings is 1. The Morgan fingerprint density at radius 1 is 1.11 bits per heavy atom. The number of imidazole rings is 1. The maximum atomic E-state index is 11.7. The molecule has 0 bridgehead atoms. The minimum absolute atomic E-state index is 0. The quantitative estimate of drug-likeness (QED) is 0.413. The van der Waals surface area contributed by atoms with Crippen LogP contribution in [0, 0.1) is 6.92 Å². The van der Waals surface area contributed by atoms with Gasteiger partial charge in [0.1, 0.15) is 10.1 Å².